The lowest BCUT2D eigenvalue weighted by Crippen LogP contribution is -2.36. The number of likely N-dealkylation sites (tertiary alicyclic amines) is 1. The topological polar surface area (TPSA) is 49.8 Å². The zero-order valence-corrected chi connectivity index (χ0v) is 12.9. The SMILES string of the molecule is COC[C@@]1(CO)CCN(C(=O)c2csc3ccccc23)C1. The van der Waals surface area contributed by atoms with Crippen LogP contribution in [0.3, 0.4) is 0 Å². The van der Waals surface area contributed by atoms with Gasteiger partial charge in [-0.1, -0.05) is 18.2 Å². The number of aliphatic hydroxyl groups is 1. The van der Waals surface area contributed by atoms with Gasteiger partial charge in [0.15, 0.2) is 0 Å². The molecule has 0 radical (unpaired) electrons. The van der Waals surface area contributed by atoms with E-state index in [2.05, 4.69) is 0 Å². The van der Waals surface area contributed by atoms with E-state index in [9.17, 15) is 9.90 Å². The van der Waals surface area contributed by atoms with E-state index in [-0.39, 0.29) is 17.9 Å². The van der Waals surface area contributed by atoms with Crippen molar-refractivity contribution in [2.45, 2.75) is 6.42 Å². The molecule has 0 bridgehead atoms. The minimum absolute atomic E-state index is 0.0506. The van der Waals surface area contributed by atoms with Crippen molar-refractivity contribution < 1.29 is 14.6 Å². The Labute approximate surface area is 127 Å². The van der Waals surface area contributed by atoms with Gasteiger partial charge >= 0.3 is 0 Å². The van der Waals surface area contributed by atoms with E-state index in [1.807, 2.05) is 34.5 Å². The van der Waals surface area contributed by atoms with Crippen molar-refractivity contribution in [1.29, 1.82) is 0 Å². The van der Waals surface area contributed by atoms with Crippen LogP contribution in [0.2, 0.25) is 0 Å². The summed E-state index contributed by atoms with van der Waals surface area (Å²) in [5, 5.41) is 12.6. The Kier molecular flexibility index (Phi) is 3.97. The van der Waals surface area contributed by atoms with E-state index in [0.29, 0.717) is 19.7 Å². The second-order valence-electron chi connectivity index (χ2n) is 5.71. The highest BCUT2D eigenvalue weighted by Gasteiger charge is 2.40. The van der Waals surface area contributed by atoms with Gasteiger partial charge in [-0.25, -0.2) is 0 Å². The molecule has 2 heterocycles. The number of fused-ring (bicyclic) bond motifs is 1. The van der Waals surface area contributed by atoms with Crippen molar-refractivity contribution >= 4 is 27.3 Å². The Balaban J connectivity index is 1.83. The molecule has 1 saturated heterocycles. The van der Waals surface area contributed by atoms with Crippen molar-refractivity contribution in [3.8, 4) is 0 Å². The third-order valence-electron chi connectivity index (χ3n) is 4.22. The van der Waals surface area contributed by atoms with E-state index < -0.39 is 0 Å². The smallest absolute Gasteiger partial charge is 0.255 e. The molecule has 1 aliphatic rings. The standard InChI is InChI=1S/C16H19NO3S/c1-20-11-16(10-18)6-7-17(9-16)15(19)13-8-21-14-5-3-2-4-12(13)14/h2-5,8,18H,6-7,9-11H2,1H3/t16-/m0/s1. The summed E-state index contributed by atoms with van der Waals surface area (Å²) in [7, 11) is 1.63. The average molecular weight is 305 g/mol. The fourth-order valence-corrected chi connectivity index (χ4v) is 3.96. The first-order valence-corrected chi connectivity index (χ1v) is 7.92. The zero-order chi connectivity index (χ0) is 14.9. The molecule has 21 heavy (non-hydrogen) atoms. The first kappa shape index (κ1) is 14.5. The largest absolute Gasteiger partial charge is 0.396 e. The first-order chi connectivity index (χ1) is 10.2. The number of carbonyl (C=O) groups is 1. The molecule has 1 N–H and O–H groups in total. The van der Waals surface area contributed by atoms with Gasteiger partial charge < -0.3 is 14.7 Å². The molecular formula is C16H19NO3S. The van der Waals surface area contributed by atoms with Gasteiger partial charge in [0.1, 0.15) is 0 Å². The highest BCUT2D eigenvalue weighted by atomic mass is 32.1. The molecule has 1 fully saturated rings. The van der Waals surface area contributed by atoms with Gasteiger partial charge in [-0.15, -0.1) is 11.3 Å². The third kappa shape index (κ3) is 2.57. The summed E-state index contributed by atoms with van der Waals surface area (Å²) in [6.07, 6.45) is 0.783. The molecule has 5 heteroatoms. The number of aliphatic hydroxyl groups excluding tert-OH is 1. The Morgan fingerprint density at radius 1 is 1.48 bits per heavy atom. The van der Waals surface area contributed by atoms with Crippen molar-refractivity contribution in [2.75, 3.05) is 33.4 Å². The van der Waals surface area contributed by atoms with E-state index in [1.165, 1.54) is 0 Å². The monoisotopic (exact) mass is 305 g/mol. The van der Waals surface area contributed by atoms with Crippen molar-refractivity contribution in [1.82, 2.24) is 4.90 Å². The van der Waals surface area contributed by atoms with E-state index in [0.717, 1.165) is 22.1 Å². The van der Waals surface area contributed by atoms with Gasteiger partial charge in [-0.05, 0) is 12.5 Å². The summed E-state index contributed by atoms with van der Waals surface area (Å²) >= 11 is 1.60. The van der Waals surface area contributed by atoms with Gasteiger partial charge in [0, 0.05) is 41.1 Å². The molecule has 1 aromatic heterocycles. The van der Waals surface area contributed by atoms with Gasteiger partial charge in [0.05, 0.1) is 18.8 Å². The number of nitrogens with zero attached hydrogens (tertiary/aromatic N) is 1. The van der Waals surface area contributed by atoms with Crippen LogP contribution >= 0.6 is 11.3 Å². The molecule has 3 rings (SSSR count). The highest BCUT2D eigenvalue weighted by Crippen LogP contribution is 2.33. The quantitative estimate of drug-likeness (QED) is 0.943. The minimum atomic E-state index is -0.309. The Morgan fingerprint density at radius 2 is 2.29 bits per heavy atom. The lowest BCUT2D eigenvalue weighted by atomic mass is 9.89. The van der Waals surface area contributed by atoms with Crippen LogP contribution in [0, 0.1) is 5.41 Å². The average Bonchev–Trinajstić information content (AvgIpc) is 3.12. The summed E-state index contributed by atoms with van der Waals surface area (Å²) in [4.78, 5) is 14.6. The van der Waals surface area contributed by atoms with Crippen molar-refractivity contribution in [3.05, 3.63) is 35.2 Å². The van der Waals surface area contributed by atoms with Crippen molar-refractivity contribution in [3.63, 3.8) is 0 Å². The number of hydrogen-bond donors (Lipinski definition) is 1. The third-order valence-corrected chi connectivity index (χ3v) is 5.19. The number of benzene rings is 1. The maximum absolute atomic E-state index is 12.7. The Hall–Kier alpha value is -1.43. The van der Waals surface area contributed by atoms with Gasteiger partial charge in [-0.2, -0.15) is 0 Å². The van der Waals surface area contributed by atoms with Gasteiger partial charge in [-0.3, -0.25) is 4.79 Å². The molecule has 1 aliphatic heterocycles. The second kappa shape index (κ2) is 5.75. The predicted octanol–water partition coefficient (Wildman–Crippen LogP) is 2.37. The molecule has 0 unspecified atom stereocenters. The van der Waals surface area contributed by atoms with Crippen LogP contribution in [0.4, 0.5) is 0 Å². The maximum atomic E-state index is 12.7. The molecule has 4 nitrogen and oxygen atoms in total. The molecular weight excluding hydrogens is 286 g/mol. The number of thiophene rings is 1. The number of amides is 1. The van der Waals surface area contributed by atoms with Gasteiger partial charge in [0.25, 0.3) is 5.91 Å². The normalized spacial score (nSPS) is 22.1. The molecule has 0 aliphatic carbocycles. The van der Waals surface area contributed by atoms with Crippen LogP contribution in [0.25, 0.3) is 10.1 Å². The van der Waals surface area contributed by atoms with E-state index >= 15 is 0 Å². The summed E-state index contributed by atoms with van der Waals surface area (Å²) in [6, 6.07) is 7.96. The van der Waals surface area contributed by atoms with Crippen LogP contribution in [0.1, 0.15) is 16.8 Å². The summed E-state index contributed by atoms with van der Waals surface area (Å²) in [6.45, 7) is 1.76. The second-order valence-corrected chi connectivity index (χ2v) is 6.62. The number of carbonyl (C=O) groups excluding carboxylic acids is 1. The van der Waals surface area contributed by atoms with Crippen LogP contribution in [0.15, 0.2) is 29.6 Å². The lowest BCUT2D eigenvalue weighted by Gasteiger charge is -2.26. The highest BCUT2D eigenvalue weighted by molar-refractivity contribution is 7.17. The number of rotatable bonds is 4. The molecule has 112 valence electrons. The predicted molar refractivity (Wildman–Crippen MR) is 83.7 cm³/mol. The molecule has 1 amide bonds. The lowest BCUT2D eigenvalue weighted by molar-refractivity contribution is 0.0343. The molecule has 0 saturated carbocycles. The van der Waals surface area contributed by atoms with Crippen LogP contribution in [0.5, 0.6) is 0 Å². The van der Waals surface area contributed by atoms with Crippen LogP contribution in [-0.2, 0) is 4.74 Å². The number of methoxy groups -OCH3 is 1. The number of ether oxygens (including phenoxy) is 1. The maximum Gasteiger partial charge on any atom is 0.255 e. The Morgan fingerprint density at radius 3 is 3.05 bits per heavy atom. The van der Waals surface area contributed by atoms with Gasteiger partial charge in [0.2, 0.25) is 0 Å². The van der Waals surface area contributed by atoms with E-state index in [1.54, 1.807) is 18.4 Å². The van der Waals surface area contributed by atoms with Crippen LogP contribution in [-0.4, -0.2) is 49.3 Å². The zero-order valence-electron chi connectivity index (χ0n) is 12.0. The fraction of sp³-hybridized carbons (Fsp3) is 0.438. The molecule has 1 aromatic carbocycles. The van der Waals surface area contributed by atoms with Crippen LogP contribution < -0.4 is 0 Å². The fourth-order valence-electron chi connectivity index (χ4n) is 3.02. The molecule has 2 aromatic rings. The summed E-state index contributed by atoms with van der Waals surface area (Å²) < 4.78 is 6.34. The molecule has 0 spiro atoms. The number of hydrogen-bond acceptors (Lipinski definition) is 4. The molecule has 1 atom stereocenters. The van der Waals surface area contributed by atoms with E-state index in [4.69, 9.17) is 4.74 Å². The summed E-state index contributed by atoms with van der Waals surface area (Å²) in [5.41, 5.74) is 0.456. The summed E-state index contributed by atoms with van der Waals surface area (Å²) in [5.74, 6) is 0.0545. The Bertz CT molecular complexity index is 654. The first-order valence-electron chi connectivity index (χ1n) is 7.04. The van der Waals surface area contributed by atoms with Crippen molar-refractivity contribution in [2.24, 2.45) is 5.41 Å². The minimum Gasteiger partial charge on any atom is -0.396 e.